The monoisotopic (exact) mass is 332 g/mol. The van der Waals surface area contributed by atoms with E-state index in [-0.39, 0.29) is 5.91 Å². The topological polar surface area (TPSA) is 66.5 Å². The van der Waals surface area contributed by atoms with Gasteiger partial charge in [0.05, 0.1) is 13.2 Å². The number of hydrogen-bond donors (Lipinski definition) is 2. The number of carbonyl (C=O) groups excluding carboxylic acids is 1. The second-order valence-corrected chi connectivity index (χ2v) is 6.03. The summed E-state index contributed by atoms with van der Waals surface area (Å²) in [5.41, 5.74) is 2.35. The number of nitrogens with one attached hydrogen (secondary N) is 2. The third-order valence-electron chi connectivity index (χ3n) is 3.57. The lowest BCUT2D eigenvalue weighted by molar-refractivity contribution is 0.102. The maximum Gasteiger partial charge on any atom is 0.275 e. The molecule has 0 unspecified atom stereocenters. The Kier molecular flexibility index (Phi) is 5.09. The van der Waals surface area contributed by atoms with Gasteiger partial charge in [-0.15, -0.1) is 11.3 Å². The van der Waals surface area contributed by atoms with Crippen molar-refractivity contribution in [1.29, 1.82) is 0 Å². The Labute approximate surface area is 139 Å². The Bertz CT molecular complexity index is 650. The van der Waals surface area contributed by atoms with E-state index in [1.165, 1.54) is 11.3 Å². The number of amides is 1. The molecule has 1 amide bonds. The predicted molar refractivity (Wildman–Crippen MR) is 93.7 cm³/mol. The number of hydrogen-bond acceptors (Lipinski definition) is 6. The number of carbonyl (C=O) groups is 1. The van der Waals surface area contributed by atoms with E-state index in [0.29, 0.717) is 5.69 Å². The molecular formula is C16H20N4O2S. The molecule has 0 radical (unpaired) electrons. The summed E-state index contributed by atoms with van der Waals surface area (Å²) in [7, 11) is 0. The molecular weight excluding hydrogens is 312 g/mol. The van der Waals surface area contributed by atoms with E-state index in [1.807, 2.05) is 31.2 Å². The van der Waals surface area contributed by atoms with Crippen molar-refractivity contribution in [3.63, 3.8) is 0 Å². The van der Waals surface area contributed by atoms with Crippen LogP contribution in [0.2, 0.25) is 0 Å². The van der Waals surface area contributed by atoms with Gasteiger partial charge < -0.3 is 20.3 Å². The molecule has 1 saturated heterocycles. The first-order valence-electron chi connectivity index (χ1n) is 7.70. The second kappa shape index (κ2) is 7.43. The molecule has 23 heavy (non-hydrogen) atoms. The first-order chi connectivity index (χ1) is 11.3. The number of aromatic nitrogens is 1. The smallest absolute Gasteiger partial charge is 0.275 e. The zero-order valence-electron chi connectivity index (χ0n) is 13.0. The third-order valence-corrected chi connectivity index (χ3v) is 4.37. The van der Waals surface area contributed by atoms with E-state index in [0.717, 1.165) is 49.4 Å². The molecule has 2 N–H and O–H groups in total. The number of ether oxygens (including phenoxy) is 1. The van der Waals surface area contributed by atoms with Crippen molar-refractivity contribution >= 4 is 33.8 Å². The molecule has 0 aliphatic carbocycles. The van der Waals surface area contributed by atoms with Crippen LogP contribution in [-0.4, -0.2) is 43.7 Å². The Morgan fingerprint density at radius 3 is 2.74 bits per heavy atom. The second-order valence-electron chi connectivity index (χ2n) is 5.17. The summed E-state index contributed by atoms with van der Waals surface area (Å²) in [5.74, 6) is -0.190. The van der Waals surface area contributed by atoms with Gasteiger partial charge in [0.15, 0.2) is 5.13 Å². The lowest BCUT2D eigenvalue weighted by Gasteiger charge is -2.28. The van der Waals surface area contributed by atoms with Gasteiger partial charge >= 0.3 is 0 Å². The van der Waals surface area contributed by atoms with Gasteiger partial charge in [-0.1, -0.05) is 0 Å². The molecule has 1 aliphatic heterocycles. The standard InChI is InChI=1S/C16H20N4O2S/c1-2-17-16-19-14(11-23-16)15(21)18-12-3-5-13(6-4-12)20-7-9-22-10-8-20/h3-6,11H,2,7-10H2,1H3,(H,17,19)(H,18,21). The van der Waals surface area contributed by atoms with Crippen LogP contribution in [0.3, 0.4) is 0 Å². The minimum absolute atomic E-state index is 0.190. The van der Waals surface area contributed by atoms with Crippen LogP contribution in [0, 0.1) is 0 Å². The van der Waals surface area contributed by atoms with Gasteiger partial charge in [-0.25, -0.2) is 4.98 Å². The SMILES string of the molecule is CCNc1nc(C(=O)Nc2ccc(N3CCOCC3)cc2)cs1. The van der Waals surface area contributed by atoms with Crippen LogP contribution in [-0.2, 0) is 4.74 Å². The summed E-state index contributed by atoms with van der Waals surface area (Å²) in [5, 5.41) is 8.50. The normalized spacial score (nSPS) is 14.6. The minimum atomic E-state index is -0.190. The average molecular weight is 332 g/mol. The summed E-state index contributed by atoms with van der Waals surface area (Å²) in [4.78, 5) is 18.7. The minimum Gasteiger partial charge on any atom is -0.378 e. The summed E-state index contributed by atoms with van der Waals surface area (Å²) >= 11 is 1.43. The molecule has 1 aliphatic rings. The lowest BCUT2D eigenvalue weighted by Crippen LogP contribution is -2.36. The molecule has 0 spiro atoms. The molecule has 2 aromatic rings. The Hall–Kier alpha value is -2.12. The highest BCUT2D eigenvalue weighted by molar-refractivity contribution is 7.13. The van der Waals surface area contributed by atoms with Crippen LogP contribution in [0.1, 0.15) is 17.4 Å². The largest absolute Gasteiger partial charge is 0.378 e. The Morgan fingerprint density at radius 2 is 2.04 bits per heavy atom. The van der Waals surface area contributed by atoms with Gasteiger partial charge in [-0.3, -0.25) is 4.79 Å². The first kappa shape index (κ1) is 15.8. The molecule has 0 atom stereocenters. The fourth-order valence-corrected chi connectivity index (χ4v) is 3.14. The van der Waals surface area contributed by atoms with Crippen molar-refractivity contribution in [2.45, 2.75) is 6.92 Å². The van der Waals surface area contributed by atoms with Crippen molar-refractivity contribution in [3.05, 3.63) is 35.3 Å². The van der Waals surface area contributed by atoms with Crippen LogP contribution in [0.25, 0.3) is 0 Å². The number of anilines is 3. The summed E-state index contributed by atoms with van der Waals surface area (Å²) in [6.45, 7) is 6.11. The molecule has 7 heteroatoms. The van der Waals surface area contributed by atoms with E-state index in [4.69, 9.17) is 4.74 Å². The molecule has 1 aromatic heterocycles. The van der Waals surface area contributed by atoms with Crippen LogP contribution in [0.15, 0.2) is 29.6 Å². The summed E-state index contributed by atoms with van der Waals surface area (Å²) in [6.07, 6.45) is 0. The van der Waals surface area contributed by atoms with Gasteiger partial charge in [0.25, 0.3) is 5.91 Å². The molecule has 1 aromatic carbocycles. The van der Waals surface area contributed by atoms with Crippen molar-refractivity contribution in [2.24, 2.45) is 0 Å². The van der Waals surface area contributed by atoms with Crippen LogP contribution in [0.4, 0.5) is 16.5 Å². The molecule has 0 bridgehead atoms. The molecule has 6 nitrogen and oxygen atoms in total. The van der Waals surface area contributed by atoms with Gasteiger partial charge in [-0.2, -0.15) is 0 Å². The van der Waals surface area contributed by atoms with Crippen molar-refractivity contribution in [3.8, 4) is 0 Å². The number of thiazole rings is 1. The highest BCUT2D eigenvalue weighted by atomic mass is 32.1. The average Bonchev–Trinajstić information content (AvgIpc) is 3.06. The van der Waals surface area contributed by atoms with E-state index >= 15 is 0 Å². The summed E-state index contributed by atoms with van der Waals surface area (Å²) in [6, 6.07) is 7.87. The molecule has 3 rings (SSSR count). The van der Waals surface area contributed by atoms with Crippen LogP contribution in [0.5, 0.6) is 0 Å². The van der Waals surface area contributed by atoms with Gasteiger partial charge in [0.2, 0.25) is 0 Å². The zero-order chi connectivity index (χ0) is 16.1. The van der Waals surface area contributed by atoms with E-state index in [2.05, 4.69) is 20.5 Å². The Morgan fingerprint density at radius 1 is 1.30 bits per heavy atom. The third kappa shape index (κ3) is 4.00. The molecule has 122 valence electrons. The molecule has 0 saturated carbocycles. The van der Waals surface area contributed by atoms with Crippen molar-refractivity contribution in [2.75, 3.05) is 48.4 Å². The maximum atomic E-state index is 12.2. The highest BCUT2D eigenvalue weighted by Gasteiger charge is 2.13. The first-order valence-corrected chi connectivity index (χ1v) is 8.57. The zero-order valence-corrected chi connectivity index (χ0v) is 13.9. The van der Waals surface area contributed by atoms with Gasteiger partial charge in [0, 0.05) is 36.4 Å². The van der Waals surface area contributed by atoms with E-state index < -0.39 is 0 Å². The maximum absolute atomic E-state index is 12.2. The van der Waals surface area contributed by atoms with E-state index in [1.54, 1.807) is 5.38 Å². The number of rotatable bonds is 5. The molecule has 2 heterocycles. The number of morpholine rings is 1. The predicted octanol–water partition coefficient (Wildman–Crippen LogP) is 2.66. The number of benzene rings is 1. The van der Waals surface area contributed by atoms with Gasteiger partial charge in [0.1, 0.15) is 5.69 Å². The van der Waals surface area contributed by atoms with Crippen molar-refractivity contribution < 1.29 is 9.53 Å². The molecule has 1 fully saturated rings. The Balaban J connectivity index is 1.61. The fraction of sp³-hybridized carbons (Fsp3) is 0.375. The fourth-order valence-electron chi connectivity index (χ4n) is 2.38. The van der Waals surface area contributed by atoms with Crippen LogP contribution < -0.4 is 15.5 Å². The summed E-state index contributed by atoms with van der Waals surface area (Å²) < 4.78 is 5.36. The van der Waals surface area contributed by atoms with Gasteiger partial charge in [-0.05, 0) is 31.2 Å². The lowest BCUT2D eigenvalue weighted by atomic mass is 10.2. The number of nitrogens with zero attached hydrogens (tertiary/aromatic N) is 2. The van der Waals surface area contributed by atoms with Crippen molar-refractivity contribution in [1.82, 2.24) is 4.98 Å². The highest BCUT2D eigenvalue weighted by Crippen LogP contribution is 2.20. The quantitative estimate of drug-likeness (QED) is 0.881. The van der Waals surface area contributed by atoms with Crippen LogP contribution >= 0.6 is 11.3 Å². The van der Waals surface area contributed by atoms with E-state index in [9.17, 15) is 4.79 Å².